The van der Waals surface area contributed by atoms with Crippen LogP contribution in [0.2, 0.25) is 0 Å². The normalized spacial score (nSPS) is 22.8. The van der Waals surface area contributed by atoms with Gasteiger partial charge in [-0.2, -0.15) is 0 Å². The van der Waals surface area contributed by atoms with Gasteiger partial charge in [0.25, 0.3) is 0 Å². The molecule has 0 aromatic carbocycles. The molecule has 1 rings (SSSR count). The zero-order valence-corrected chi connectivity index (χ0v) is 10.1. The lowest BCUT2D eigenvalue weighted by Crippen LogP contribution is -2.07. The van der Waals surface area contributed by atoms with Crippen LogP contribution in [0, 0.1) is 5.92 Å². The number of rotatable bonds is 7. The molecule has 0 saturated carbocycles. The number of cyclic esters (lactones) is 1. The van der Waals surface area contributed by atoms with Crippen LogP contribution >= 0.6 is 0 Å². The Balaban J connectivity index is 1.98. The maximum atomic E-state index is 10.9. The molecule has 0 aromatic heterocycles. The van der Waals surface area contributed by atoms with Crippen molar-refractivity contribution in [3.05, 3.63) is 0 Å². The number of carbonyl (C=O) groups excluding carboxylic acids is 1. The van der Waals surface area contributed by atoms with Gasteiger partial charge < -0.3 is 4.74 Å². The molecule has 0 aliphatic carbocycles. The Kier molecular flexibility index (Phi) is 5.74. The lowest BCUT2D eigenvalue weighted by atomic mass is 9.97. The first-order valence-electron chi connectivity index (χ1n) is 6.41. The summed E-state index contributed by atoms with van der Waals surface area (Å²) in [6.07, 6.45) is 9.37. The molecule has 0 aromatic rings. The summed E-state index contributed by atoms with van der Waals surface area (Å²) in [5, 5.41) is 0. The number of hydrogen-bond donors (Lipinski definition) is 0. The van der Waals surface area contributed by atoms with Gasteiger partial charge in [-0.25, -0.2) is 0 Å². The Hall–Kier alpha value is -0.530. The summed E-state index contributed by atoms with van der Waals surface area (Å²) in [5.41, 5.74) is 0. The molecule has 15 heavy (non-hydrogen) atoms. The first kappa shape index (κ1) is 12.5. The molecule has 2 atom stereocenters. The summed E-state index contributed by atoms with van der Waals surface area (Å²) in [4.78, 5) is 10.9. The van der Waals surface area contributed by atoms with Gasteiger partial charge in [-0.05, 0) is 25.2 Å². The summed E-state index contributed by atoms with van der Waals surface area (Å²) >= 11 is 0. The fourth-order valence-corrected chi connectivity index (χ4v) is 2.18. The van der Waals surface area contributed by atoms with E-state index in [9.17, 15) is 4.79 Å². The van der Waals surface area contributed by atoms with Crippen molar-refractivity contribution in [3.63, 3.8) is 0 Å². The molecule has 0 amide bonds. The minimum absolute atomic E-state index is 0.000897. The van der Waals surface area contributed by atoms with E-state index in [4.69, 9.17) is 4.74 Å². The lowest BCUT2D eigenvalue weighted by molar-refractivity contribution is -0.141. The minimum atomic E-state index is -0.000897. The Bertz CT molecular complexity index is 189. The number of esters is 1. The van der Waals surface area contributed by atoms with Crippen LogP contribution in [0.1, 0.15) is 65.2 Å². The summed E-state index contributed by atoms with van der Waals surface area (Å²) in [6, 6.07) is 0. The Morgan fingerprint density at radius 2 is 2.13 bits per heavy atom. The monoisotopic (exact) mass is 212 g/mol. The second kappa shape index (κ2) is 6.86. The highest BCUT2D eigenvalue weighted by atomic mass is 16.5. The van der Waals surface area contributed by atoms with Crippen LogP contribution < -0.4 is 0 Å². The van der Waals surface area contributed by atoms with E-state index >= 15 is 0 Å². The molecule has 0 N–H and O–H groups in total. The van der Waals surface area contributed by atoms with E-state index in [1.54, 1.807) is 0 Å². The maximum absolute atomic E-state index is 10.9. The van der Waals surface area contributed by atoms with Gasteiger partial charge in [-0.1, -0.05) is 39.5 Å². The first-order chi connectivity index (χ1) is 7.22. The number of carbonyl (C=O) groups is 1. The van der Waals surface area contributed by atoms with Crippen molar-refractivity contribution in [2.45, 2.75) is 71.3 Å². The van der Waals surface area contributed by atoms with Gasteiger partial charge in [0.1, 0.15) is 6.10 Å². The molecule has 1 saturated heterocycles. The third-order valence-corrected chi connectivity index (χ3v) is 3.24. The highest BCUT2D eigenvalue weighted by molar-refractivity contribution is 5.71. The minimum Gasteiger partial charge on any atom is -0.462 e. The highest BCUT2D eigenvalue weighted by Crippen LogP contribution is 2.21. The predicted molar refractivity (Wildman–Crippen MR) is 61.7 cm³/mol. The van der Waals surface area contributed by atoms with Crippen molar-refractivity contribution >= 4 is 5.97 Å². The number of ether oxygens (including phenoxy) is 1. The molecule has 0 radical (unpaired) electrons. The van der Waals surface area contributed by atoms with E-state index in [0.29, 0.717) is 6.42 Å². The van der Waals surface area contributed by atoms with Crippen LogP contribution in [0.15, 0.2) is 0 Å². The first-order valence-corrected chi connectivity index (χ1v) is 6.41. The van der Waals surface area contributed by atoms with E-state index < -0.39 is 0 Å². The quantitative estimate of drug-likeness (QED) is 0.602. The molecule has 1 aliphatic rings. The van der Waals surface area contributed by atoms with Crippen LogP contribution in [0.5, 0.6) is 0 Å². The molecule has 1 heterocycles. The van der Waals surface area contributed by atoms with Crippen LogP contribution in [0.3, 0.4) is 0 Å². The van der Waals surface area contributed by atoms with Crippen LogP contribution in [-0.2, 0) is 9.53 Å². The molecule has 0 spiro atoms. The summed E-state index contributed by atoms with van der Waals surface area (Å²) < 4.78 is 5.19. The van der Waals surface area contributed by atoms with Crippen LogP contribution in [-0.4, -0.2) is 12.1 Å². The Morgan fingerprint density at radius 1 is 1.40 bits per heavy atom. The second-order valence-electron chi connectivity index (χ2n) is 4.83. The second-order valence-corrected chi connectivity index (χ2v) is 4.83. The zero-order valence-electron chi connectivity index (χ0n) is 10.1. The molecular formula is C13H24O2. The molecule has 1 unspecified atom stereocenters. The van der Waals surface area contributed by atoms with Gasteiger partial charge in [0.05, 0.1) is 0 Å². The average Bonchev–Trinajstić information content (AvgIpc) is 2.61. The fraction of sp³-hybridized carbons (Fsp3) is 0.923. The van der Waals surface area contributed by atoms with Crippen LogP contribution in [0.25, 0.3) is 0 Å². The lowest BCUT2D eigenvalue weighted by Gasteiger charge is -2.12. The summed E-state index contributed by atoms with van der Waals surface area (Å²) in [6.45, 7) is 4.57. The molecule has 88 valence electrons. The Morgan fingerprint density at radius 3 is 2.73 bits per heavy atom. The largest absolute Gasteiger partial charge is 0.462 e. The van der Waals surface area contributed by atoms with E-state index in [0.717, 1.165) is 18.8 Å². The van der Waals surface area contributed by atoms with Gasteiger partial charge >= 0.3 is 5.97 Å². The van der Waals surface area contributed by atoms with Crippen molar-refractivity contribution in [1.82, 2.24) is 0 Å². The van der Waals surface area contributed by atoms with E-state index in [1.807, 2.05) is 0 Å². The smallest absolute Gasteiger partial charge is 0.306 e. The van der Waals surface area contributed by atoms with Crippen molar-refractivity contribution in [3.8, 4) is 0 Å². The highest BCUT2D eigenvalue weighted by Gasteiger charge is 2.22. The van der Waals surface area contributed by atoms with Crippen molar-refractivity contribution < 1.29 is 9.53 Å². The molecule has 2 heteroatoms. The SMILES string of the molecule is CCCC[C@H](C)CCCC1CCC(=O)O1. The molecule has 1 aliphatic heterocycles. The summed E-state index contributed by atoms with van der Waals surface area (Å²) in [5.74, 6) is 0.834. The predicted octanol–water partition coefficient (Wildman–Crippen LogP) is 3.69. The van der Waals surface area contributed by atoms with Gasteiger partial charge in [-0.15, -0.1) is 0 Å². The van der Waals surface area contributed by atoms with Crippen LogP contribution in [0.4, 0.5) is 0 Å². The van der Waals surface area contributed by atoms with E-state index in [2.05, 4.69) is 13.8 Å². The number of unbranched alkanes of at least 4 members (excludes halogenated alkanes) is 1. The standard InChI is InChI=1S/C13H24O2/c1-3-4-6-11(2)7-5-8-12-9-10-13(14)15-12/h11-12H,3-10H2,1-2H3/t11-,12?/m0/s1. The Labute approximate surface area is 93.4 Å². The molecule has 1 fully saturated rings. The third kappa shape index (κ3) is 5.19. The van der Waals surface area contributed by atoms with Gasteiger partial charge in [0, 0.05) is 6.42 Å². The maximum Gasteiger partial charge on any atom is 0.306 e. The molecular weight excluding hydrogens is 188 g/mol. The van der Waals surface area contributed by atoms with Crippen molar-refractivity contribution in [2.75, 3.05) is 0 Å². The summed E-state index contributed by atoms with van der Waals surface area (Å²) in [7, 11) is 0. The van der Waals surface area contributed by atoms with E-state index in [-0.39, 0.29) is 12.1 Å². The zero-order chi connectivity index (χ0) is 11.1. The van der Waals surface area contributed by atoms with Crippen molar-refractivity contribution in [1.29, 1.82) is 0 Å². The van der Waals surface area contributed by atoms with Gasteiger partial charge in [-0.3, -0.25) is 4.79 Å². The van der Waals surface area contributed by atoms with E-state index in [1.165, 1.54) is 32.1 Å². The van der Waals surface area contributed by atoms with Gasteiger partial charge in [0.15, 0.2) is 0 Å². The van der Waals surface area contributed by atoms with Gasteiger partial charge in [0.2, 0.25) is 0 Å². The fourth-order valence-electron chi connectivity index (χ4n) is 2.18. The van der Waals surface area contributed by atoms with Crippen molar-refractivity contribution in [2.24, 2.45) is 5.92 Å². The average molecular weight is 212 g/mol. The number of hydrogen-bond acceptors (Lipinski definition) is 2. The third-order valence-electron chi connectivity index (χ3n) is 3.24. The molecule has 0 bridgehead atoms. The molecule has 2 nitrogen and oxygen atoms in total. The topological polar surface area (TPSA) is 26.3 Å².